The molecule has 2 aromatic carbocycles. The van der Waals surface area contributed by atoms with Crippen LogP contribution in [-0.2, 0) is 13.1 Å². The second-order valence-electron chi connectivity index (χ2n) is 10.6. The predicted octanol–water partition coefficient (Wildman–Crippen LogP) is 5.80. The van der Waals surface area contributed by atoms with Gasteiger partial charge in [0.05, 0.1) is 24.7 Å². The van der Waals surface area contributed by atoms with E-state index in [0.717, 1.165) is 58.4 Å². The van der Waals surface area contributed by atoms with Gasteiger partial charge < -0.3 is 9.72 Å². The summed E-state index contributed by atoms with van der Waals surface area (Å²) < 4.78 is 7.43. The highest BCUT2D eigenvalue weighted by atomic mass is 16.5. The summed E-state index contributed by atoms with van der Waals surface area (Å²) in [5, 5.41) is 14.2. The maximum atomic E-state index is 13.3. The zero-order valence-electron chi connectivity index (χ0n) is 22.9. The number of benzene rings is 2. The van der Waals surface area contributed by atoms with Crippen LogP contribution in [0.5, 0.6) is 5.75 Å². The fraction of sp³-hybridized carbons (Fsp3) is 0.467. The van der Waals surface area contributed by atoms with Gasteiger partial charge in [0.15, 0.2) is 5.82 Å². The quantitative estimate of drug-likeness (QED) is 0.304. The van der Waals surface area contributed by atoms with Gasteiger partial charge in [-0.05, 0) is 84.3 Å². The number of fused-ring (bicyclic) bond motifs is 1. The summed E-state index contributed by atoms with van der Waals surface area (Å²) in [4.78, 5) is 18.8. The Morgan fingerprint density at radius 3 is 2.55 bits per heavy atom. The van der Waals surface area contributed by atoms with E-state index in [1.807, 2.05) is 25.1 Å². The normalized spacial score (nSPS) is 15.3. The minimum absolute atomic E-state index is 0.0385. The van der Waals surface area contributed by atoms with E-state index in [1.165, 1.54) is 24.8 Å². The fourth-order valence-electron chi connectivity index (χ4n) is 5.92. The molecule has 2 heterocycles. The van der Waals surface area contributed by atoms with Crippen molar-refractivity contribution in [1.82, 2.24) is 30.1 Å². The first kappa shape index (κ1) is 26.1. The van der Waals surface area contributed by atoms with Crippen LogP contribution in [0, 0.1) is 13.8 Å². The van der Waals surface area contributed by atoms with Crippen molar-refractivity contribution in [3.05, 3.63) is 80.9 Å². The van der Waals surface area contributed by atoms with Gasteiger partial charge in [0.2, 0.25) is 0 Å². The lowest BCUT2D eigenvalue weighted by atomic mass is 9.95. The molecule has 38 heavy (non-hydrogen) atoms. The van der Waals surface area contributed by atoms with Crippen molar-refractivity contribution in [1.29, 1.82) is 0 Å². The summed E-state index contributed by atoms with van der Waals surface area (Å²) >= 11 is 0. The average molecular weight is 515 g/mol. The molecule has 1 aliphatic rings. The molecule has 0 unspecified atom stereocenters. The summed E-state index contributed by atoms with van der Waals surface area (Å²) in [7, 11) is 1.68. The number of nitrogens with one attached hydrogen (secondary N) is 1. The Balaban J connectivity index is 1.53. The van der Waals surface area contributed by atoms with Gasteiger partial charge in [-0.25, -0.2) is 4.68 Å². The molecule has 1 saturated carbocycles. The lowest BCUT2D eigenvalue weighted by Crippen LogP contribution is -2.33. The Labute approximate surface area is 224 Å². The first-order valence-corrected chi connectivity index (χ1v) is 13.7. The standard InChI is InChI=1S/C30H38N6O2/c1-5-27(29-32-33-34-36(29)25-9-7-6-8-10-25)35(18-22-11-13-26(38-4)14-12-22)19-24-17-23-16-20(2)15-21(3)28(23)31-30(24)37/h11-17,25,27H,5-10,18-19H2,1-4H3,(H,31,37)/t27-/m1/s1. The van der Waals surface area contributed by atoms with Crippen molar-refractivity contribution >= 4 is 10.9 Å². The number of H-pyrrole nitrogens is 1. The second-order valence-corrected chi connectivity index (χ2v) is 10.6. The molecule has 8 heteroatoms. The fourth-order valence-corrected chi connectivity index (χ4v) is 5.92. The van der Waals surface area contributed by atoms with Crippen LogP contribution >= 0.6 is 0 Å². The van der Waals surface area contributed by atoms with E-state index in [0.29, 0.717) is 19.1 Å². The molecule has 8 nitrogen and oxygen atoms in total. The number of methoxy groups -OCH3 is 1. The van der Waals surface area contributed by atoms with Crippen LogP contribution in [0.3, 0.4) is 0 Å². The zero-order chi connectivity index (χ0) is 26.6. The molecular formula is C30H38N6O2. The first-order valence-electron chi connectivity index (χ1n) is 13.7. The van der Waals surface area contributed by atoms with Crippen molar-refractivity contribution in [2.45, 2.75) is 84.5 Å². The van der Waals surface area contributed by atoms with Crippen LogP contribution in [0.2, 0.25) is 0 Å². The van der Waals surface area contributed by atoms with E-state index in [-0.39, 0.29) is 11.6 Å². The summed E-state index contributed by atoms with van der Waals surface area (Å²) in [5.74, 6) is 1.71. The number of pyridine rings is 1. The highest BCUT2D eigenvalue weighted by Crippen LogP contribution is 2.33. The molecule has 1 atom stereocenters. The number of hydrogen-bond acceptors (Lipinski definition) is 6. The Morgan fingerprint density at radius 1 is 1.08 bits per heavy atom. The van der Waals surface area contributed by atoms with E-state index in [2.05, 4.69) is 68.2 Å². The third-order valence-corrected chi connectivity index (χ3v) is 7.85. The summed E-state index contributed by atoms with van der Waals surface area (Å²) in [6.45, 7) is 7.44. The first-order chi connectivity index (χ1) is 18.5. The molecule has 1 fully saturated rings. The molecule has 4 aromatic rings. The lowest BCUT2D eigenvalue weighted by Gasteiger charge is -2.32. The van der Waals surface area contributed by atoms with Crippen LogP contribution in [0.1, 0.15) is 85.6 Å². The third kappa shape index (κ3) is 5.50. The lowest BCUT2D eigenvalue weighted by molar-refractivity contribution is 0.155. The van der Waals surface area contributed by atoms with Crippen LogP contribution in [0.25, 0.3) is 10.9 Å². The molecule has 0 radical (unpaired) electrons. The van der Waals surface area contributed by atoms with Gasteiger partial charge in [0.25, 0.3) is 5.56 Å². The summed E-state index contributed by atoms with van der Waals surface area (Å²) in [6.07, 6.45) is 6.74. The topological polar surface area (TPSA) is 88.9 Å². The molecule has 0 amide bonds. The maximum Gasteiger partial charge on any atom is 0.252 e. The van der Waals surface area contributed by atoms with Gasteiger partial charge >= 0.3 is 0 Å². The molecule has 2 aromatic heterocycles. The van der Waals surface area contributed by atoms with Crippen LogP contribution in [-0.4, -0.2) is 37.2 Å². The van der Waals surface area contributed by atoms with E-state index in [4.69, 9.17) is 4.74 Å². The van der Waals surface area contributed by atoms with Gasteiger partial charge in [0, 0.05) is 18.7 Å². The van der Waals surface area contributed by atoms with E-state index in [1.54, 1.807) is 7.11 Å². The van der Waals surface area contributed by atoms with E-state index in [9.17, 15) is 4.79 Å². The number of aromatic amines is 1. The third-order valence-electron chi connectivity index (χ3n) is 7.85. The van der Waals surface area contributed by atoms with Crippen LogP contribution in [0.15, 0.2) is 47.3 Å². The van der Waals surface area contributed by atoms with Crippen molar-refractivity contribution in [2.75, 3.05) is 7.11 Å². The van der Waals surface area contributed by atoms with E-state index < -0.39 is 0 Å². The SMILES string of the molecule is CC[C@H](c1nnnn1C1CCCCC1)N(Cc1ccc(OC)cc1)Cc1cc2cc(C)cc(C)c2[nH]c1=O. The van der Waals surface area contributed by atoms with Crippen molar-refractivity contribution in [3.63, 3.8) is 0 Å². The maximum absolute atomic E-state index is 13.3. The number of aryl methyl sites for hydroxylation is 2. The second kappa shape index (κ2) is 11.5. The zero-order valence-corrected chi connectivity index (χ0v) is 22.9. The number of nitrogens with zero attached hydrogens (tertiary/aromatic N) is 5. The highest BCUT2D eigenvalue weighted by Gasteiger charge is 2.29. The summed E-state index contributed by atoms with van der Waals surface area (Å²) in [5.41, 5.74) is 5.00. The Hall–Kier alpha value is -3.52. The predicted molar refractivity (Wildman–Crippen MR) is 149 cm³/mol. The monoisotopic (exact) mass is 514 g/mol. The van der Waals surface area contributed by atoms with Gasteiger partial charge in [-0.15, -0.1) is 5.10 Å². The smallest absolute Gasteiger partial charge is 0.252 e. The van der Waals surface area contributed by atoms with Crippen molar-refractivity contribution < 1.29 is 4.74 Å². The molecular weight excluding hydrogens is 476 g/mol. The Bertz CT molecular complexity index is 1440. The van der Waals surface area contributed by atoms with Gasteiger partial charge in [0.1, 0.15) is 5.75 Å². The Morgan fingerprint density at radius 2 is 1.84 bits per heavy atom. The average Bonchev–Trinajstić information content (AvgIpc) is 3.40. The number of tetrazole rings is 1. The number of ether oxygens (including phenoxy) is 1. The molecule has 200 valence electrons. The number of hydrogen-bond donors (Lipinski definition) is 1. The van der Waals surface area contributed by atoms with Crippen LogP contribution < -0.4 is 10.3 Å². The number of rotatable bonds is 9. The van der Waals surface area contributed by atoms with Gasteiger partial charge in [-0.3, -0.25) is 9.69 Å². The molecule has 1 N–H and O–H groups in total. The number of aromatic nitrogens is 5. The summed E-state index contributed by atoms with van der Waals surface area (Å²) in [6, 6.07) is 14.7. The molecule has 0 aliphatic heterocycles. The van der Waals surface area contributed by atoms with Gasteiger partial charge in [-0.1, -0.05) is 49.9 Å². The molecule has 0 bridgehead atoms. The minimum atomic E-state index is -0.0501. The van der Waals surface area contributed by atoms with E-state index >= 15 is 0 Å². The Kier molecular flexibility index (Phi) is 7.88. The van der Waals surface area contributed by atoms with Crippen molar-refractivity contribution in [2.24, 2.45) is 0 Å². The van der Waals surface area contributed by atoms with Crippen molar-refractivity contribution in [3.8, 4) is 5.75 Å². The largest absolute Gasteiger partial charge is 0.497 e. The van der Waals surface area contributed by atoms with Gasteiger partial charge in [-0.2, -0.15) is 0 Å². The minimum Gasteiger partial charge on any atom is -0.497 e. The highest BCUT2D eigenvalue weighted by molar-refractivity contribution is 5.82. The molecule has 0 spiro atoms. The molecule has 1 aliphatic carbocycles. The molecule has 5 rings (SSSR count). The van der Waals surface area contributed by atoms with Crippen LogP contribution in [0.4, 0.5) is 0 Å². The molecule has 0 saturated heterocycles.